The van der Waals surface area contributed by atoms with Crippen molar-refractivity contribution in [2.45, 2.75) is 44.9 Å². The maximum Gasteiger partial charge on any atom is 0.255 e. The molecule has 0 aromatic heterocycles. The van der Waals surface area contributed by atoms with Gasteiger partial charge < -0.3 is 30.9 Å². The van der Waals surface area contributed by atoms with E-state index in [0.717, 1.165) is 24.2 Å². The van der Waals surface area contributed by atoms with Gasteiger partial charge in [-0.2, -0.15) is 0 Å². The van der Waals surface area contributed by atoms with Crippen molar-refractivity contribution in [1.82, 2.24) is 9.80 Å². The quantitative estimate of drug-likeness (QED) is 0.281. The molecule has 11 heteroatoms. The molecule has 0 radical (unpaired) electrons. The van der Waals surface area contributed by atoms with E-state index in [9.17, 15) is 34.8 Å². The van der Waals surface area contributed by atoms with Gasteiger partial charge in [-0.05, 0) is 80.8 Å². The van der Waals surface area contributed by atoms with Crippen LogP contribution in [0.5, 0.6) is 11.5 Å². The Balaban J connectivity index is 1.70. The van der Waals surface area contributed by atoms with Crippen LogP contribution in [0.25, 0.3) is 16.9 Å². The molecule has 2 aromatic carbocycles. The van der Waals surface area contributed by atoms with Crippen LogP contribution in [0.2, 0.25) is 0 Å². The number of fused-ring (bicyclic) bond motifs is 3. The predicted octanol–water partition coefficient (Wildman–Crippen LogP) is 2.48. The molecule has 1 saturated carbocycles. The number of ketones is 2. The van der Waals surface area contributed by atoms with Crippen molar-refractivity contribution in [2.24, 2.45) is 17.6 Å². The van der Waals surface area contributed by atoms with Gasteiger partial charge in [-0.15, -0.1) is 0 Å². The Labute approximate surface area is 255 Å². The van der Waals surface area contributed by atoms with Crippen molar-refractivity contribution in [1.29, 1.82) is 0 Å². The largest absolute Gasteiger partial charge is 0.508 e. The standard InChI is InChI=1S/C33H39N3O8/c1-6-36(7-2)15-16-8-11-23(44-5)19(12-16)18-9-10-22(37)25-20(18)13-17-14-21-27(35(3)4)29(39)26(32(34)42)31(41)33(21,43)30(40)24(17)28(25)38/h8-12,17,21,27,37-38,41,43H,6-7,13-15H2,1-5H3,(H2,34,42)/t17-,21-,27+,33-/m0/s1. The normalized spacial score (nSPS) is 24.9. The third kappa shape index (κ3) is 4.58. The molecule has 234 valence electrons. The van der Waals surface area contributed by atoms with E-state index in [0.29, 0.717) is 23.4 Å². The molecule has 0 bridgehead atoms. The number of carbonyl (C=O) groups excluding carboxylic acids is 3. The lowest BCUT2D eigenvalue weighted by Crippen LogP contribution is -2.65. The minimum atomic E-state index is -2.68. The third-order valence-electron chi connectivity index (χ3n) is 9.46. The number of likely N-dealkylation sites (N-methyl/N-ethyl adjacent to an activating group) is 1. The summed E-state index contributed by atoms with van der Waals surface area (Å²) in [6, 6.07) is 7.91. The topological polar surface area (TPSA) is 174 Å². The van der Waals surface area contributed by atoms with Crippen molar-refractivity contribution in [3.8, 4) is 22.6 Å². The molecule has 44 heavy (non-hydrogen) atoms. The number of benzene rings is 2. The van der Waals surface area contributed by atoms with E-state index in [1.54, 1.807) is 27.3 Å². The van der Waals surface area contributed by atoms with Crippen LogP contribution in [0.3, 0.4) is 0 Å². The molecule has 0 aliphatic heterocycles. The molecule has 3 aliphatic rings. The number of hydrogen-bond donors (Lipinski definition) is 5. The maximum atomic E-state index is 14.1. The molecule has 1 fully saturated rings. The summed E-state index contributed by atoms with van der Waals surface area (Å²) in [6.07, 6.45) is 0.196. The van der Waals surface area contributed by atoms with Crippen LogP contribution < -0.4 is 10.5 Å². The summed E-state index contributed by atoms with van der Waals surface area (Å²) in [5.41, 5.74) is 4.79. The van der Waals surface area contributed by atoms with Crippen LogP contribution in [0, 0.1) is 11.8 Å². The summed E-state index contributed by atoms with van der Waals surface area (Å²) in [6.45, 7) is 6.64. The molecule has 0 heterocycles. The Kier molecular flexibility index (Phi) is 8.08. The molecule has 0 unspecified atom stereocenters. The highest BCUT2D eigenvalue weighted by atomic mass is 16.5. The Hall–Kier alpha value is -4.19. The monoisotopic (exact) mass is 605 g/mol. The average molecular weight is 606 g/mol. The summed E-state index contributed by atoms with van der Waals surface area (Å²) < 4.78 is 5.71. The maximum absolute atomic E-state index is 14.1. The number of phenols is 1. The summed E-state index contributed by atoms with van der Waals surface area (Å²) in [4.78, 5) is 43.4. The fourth-order valence-corrected chi connectivity index (χ4v) is 7.27. The van der Waals surface area contributed by atoms with E-state index in [2.05, 4.69) is 18.7 Å². The van der Waals surface area contributed by atoms with Gasteiger partial charge in [-0.3, -0.25) is 24.2 Å². The van der Waals surface area contributed by atoms with Gasteiger partial charge in [0.25, 0.3) is 5.91 Å². The van der Waals surface area contributed by atoms with Crippen LogP contribution in [0.1, 0.15) is 37.0 Å². The van der Waals surface area contributed by atoms with Crippen LogP contribution in [-0.2, 0) is 27.3 Å². The van der Waals surface area contributed by atoms with Crippen LogP contribution in [0.4, 0.5) is 0 Å². The van der Waals surface area contributed by atoms with Gasteiger partial charge in [0.15, 0.2) is 11.4 Å². The zero-order valence-corrected chi connectivity index (χ0v) is 25.5. The predicted molar refractivity (Wildman–Crippen MR) is 163 cm³/mol. The van der Waals surface area contributed by atoms with Crippen LogP contribution in [-0.4, -0.2) is 93.6 Å². The molecule has 6 N–H and O–H groups in total. The van der Waals surface area contributed by atoms with Crippen LogP contribution in [0.15, 0.2) is 47.2 Å². The van der Waals surface area contributed by atoms with Gasteiger partial charge in [0.05, 0.1) is 18.7 Å². The van der Waals surface area contributed by atoms with Gasteiger partial charge in [0.2, 0.25) is 5.78 Å². The SMILES string of the molecule is CCN(CC)Cc1ccc(OC)c(-c2ccc(O)c3c2C[C@H]2C[C@H]4[C@@H](N(C)C)C(=O)C(C(N)=O)=C(O)[C@@]4(O)C(=O)C2=C3O)c1. The summed E-state index contributed by atoms with van der Waals surface area (Å²) >= 11 is 0. The van der Waals surface area contributed by atoms with Crippen molar-refractivity contribution in [3.05, 3.63) is 63.9 Å². The van der Waals surface area contributed by atoms with Gasteiger partial charge in [0, 0.05) is 23.6 Å². The Morgan fingerprint density at radius 3 is 2.34 bits per heavy atom. The Morgan fingerprint density at radius 2 is 1.75 bits per heavy atom. The minimum Gasteiger partial charge on any atom is -0.508 e. The van der Waals surface area contributed by atoms with Crippen molar-refractivity contribution >= 4 is 23.2 Å². The van der Waals surface area contributed by atoms with Crippen molar-refractivity contribution in [3.63, 3.8) is 0 Å². The minimum absolute atomic E-state index is 0.0139. The fourth-order valence-electron chi connectivity index (χ4n) is 7.27. The number of hydrogen-bond acceptors (Lipinski definition) is 10. The first-order chi connectivity index (χ1) is 20.8. The number of aromatic hydroxyl groups is 1. The average Bonchev–Trinajstić information content (AvgIpc) is 2.97. The first-order valence-corrected chi connectivity index (χ1v) is 14.7. The zero-order valence-electron chi connectivity index (χ0n) is 25.5. The molecule has 0 spiro atoms. The number of primary amides is 1. The van der Waals surface area contributed by atoms with Crippen LogP contribution >= 0.6 is 0 Å². The smallest absolute Gasteiger partial charge is 0.255 e. The number of aliphatic hydroxyl groups is 3. The van der Waals surface area contributed by atoms with Gasteiger partial charge in [0.1, 0.15) is 28.6 Å². The van der Waals surface area contributed by atoms with Crippen molar-refractivity contribution in [2.75, 3.05) is 34.3 Å². The molecule has 5 rings (SSSR count). The number of rotatable bonds is 8. The second-order valence-corrected chi connectivity index (χ2v) is 11.9. The Morgan fingerprint density at radius 1 is 1.07 bits per heavy atom. The van der Waals surface area contributed by atoms with E-state index in [4.69, 9.17) is 10.5 Å². The molecule has 3 aliphatic carbocycles. The summed E-state index contributed by atoms with van der Waals surface area (Å²) in [5, 5.41) is 45.5. The first-order valence-electron chi connectivity index (χ1n) is 14.7. The van der Waals surface area contributed by atoms with Gasteiger partial charge in [-0.25, -0.2) is 0 Å². The van der Waals surface area contributed by atoms with E-state index in [-0.39, 0.29) is 29.7 Å². The summed E-state index contributed by atoms with van der Waals surface area (Å²) in [7, 11) is 4.70. The summed E-state index contributed by atoms with van der Waals surface area (Å²) in [5.74, 6) is -6.24. The first kappa shape index (κ1) is 31.2. The number of Topliss-reactive ketones (excluding diaryl/α,β-unsaturated/α-hetero) is 2. The third-order valence-corrected chi connectivity index (χ3v) is 9.46. The number of nitrogens with two attached hydrogens (primary N) is 1. The Bertz CT molecular complexity index is 1620. The number of phenolic OH excluding ortho intramolecular Hbond substituents is 1. The lowest BCUT2D eigenvalue weighted by Gasteiger charge is -2.50. The molecule has 1 amide bonds. The highest BCUT2D eigenvalue weighted by Crippen LogP contribution is 2.54. The highest BCUT2D eigenvalue weighted by Gasteiger charge is 2.64. The molecule has 2 aromatic rings. The van der Waals surface area contributed by atoms with E-state index < -0.39 is 58.0 Å². The highest BCUT2D eigenvalue weighted by molar-refractivity contribution is 6.24. The zero-order chi connectivity index (χ0) is 32.2. The number of ether oxygens (including phenoxy) is 1. The number of amides is 1. The number of aliphatic hydroxyl groups excluding tert-OH is 2. The molecule has 0 saturated heterocycles. The second-order valence-electron chi connectivity index (χ2n) is 11.9. The van der Waals surface area contributed by atoms with E-state index >= 15 is 0 Å². The lowest BCUT2D eigenvalue weighted by atomic mass is 9.57. The fraction of sp³-hybridized carbons (Fsp3) is 0.424. The van der Waals surface area contributed by atoms with Gasteiger partial charge in [-0.1, -0.05) is 26.0 Å². The number of methoxy groups -OCH3 is 1. The van der Waals surface area contributed by atoms with Gasteiger partial charge >= 0.3 is 0 Å². The molecule has 11 nitrogen and oxygen atoms in total. The lowest BCUT2D eigenvalue weighted by molar-refractivity contribution is -0.153. The molecular formula is C33H39N3O8. The molecular weight excluding hydrogens is 566 g/mol. The second kappa shape index (κ2) is 11.4. The number of carbonyl (C=O) groups is 3. The molecule has 4 atom stereocenters. The number of nitrogens with zero attached hydrogens (tertiary/aromatic N) is 2. The van der Waals surface area contributed by atoms with E-state index in [1.807, 2.05) is 18.2 Å². The van der Waals surface area contributed by atoms with E-state index in [1.165, 1.54) is 11.0 Å². The van der Waals surface area contributed by atoms with Crippen molar-refractivity contribution < 1.29 is 39.5 Å².